The van der Waals surface area contributed by atoms with Crippen molar-refractivity contribution in [3.8, 4) is 22.4 Å². The maximum absolute atomic E-state index is 15.0. The third-order valence-corrected chi connectivity index (χ3v) is 12.2. The maximum atomic E-state index is 15.0. The van der Waals surface area contributed by atoms with Gasteiger partial charge in [0.1, 0.15) is 11.3 Å². The van der Waals surface area contributed by atoms with Gasteiger partial charge in [0.2, 0.25) is 0 Å². The molecule has 0 amide bonds. The summed E-state index contributed by atoms with van der Waals surface area (Å²) in [6.45, 7) is 0. The molecule has 222 valence electrons. The molecule has 3 nitrogen and oxygen atoms in total. The minimum absolute atomic E-state index is 0.787. The Morgan fingerprint density at radius 3 is 1.79 bits per heavy atom. The van der Waals surface area contributed by atoms with Crippen LogP contribution in [0.2, 0.25) is 0 Å². The fourth-order valence-electron chi connectivity index (χ4n) is 6.79. The van der Waals surface area contributed by atoms with Crippen LogP contribution in [0.25, 0.3) is 66.0 Å². The fourth-order valence-corrected chi connectivity index (χ4v) is 9.49. The third-order valence-electron chi connectivity index (χ3n) is 9.12. The Bertz CT molecular complexity index is 2600. The fraction of sp³-hybridized carbons (Fsp3) is 0. The van der Waals surface area contributed by atoms with Gasteiger partial charge in [0.15, 0.2) is 12.7 Å². The lowest BCUT2D eigenvalue weighted by atomic mass is 9.99. The Balaban J connectivity index is 1.18. The van der Waals surface area contributed by atoms with E-state index in [-0.39, 0.29) is 0 Å². The van der Waals surface area contributed by atoms with Crippen molar-refractivity contribution in [2.24, 2.45) is 0 Å². The van der Waals surface area contributed by atoms with E-state index in [0.717, 1.165) is 76.5 Å². The molecule has 2 heterocycles. The van der Waals surface area contributed by atoms with Crippen molar-refractivity contribution < 1.29 is 8.98 Å². The summed E-state index contributed by atoms with van der Waals surface area (Å²) in [5, 5.41) is 8.04. The van der Waals surface area contributed by atoms with Gasteiger partial charge in [0, 0.05) is 37.6 Å². The summed E-state index contributed by atoms with van der Waals surface area (Å²) in [5.41, 5.74) is 6.41. The van der Waals surface area contributed by atoms with Crippen LogP contribution in [0.5, 0.6) is 0 Å². The quantitative estimate of drug-likeness (QED) is 0.142. The van der Waals surface area contributed by atoms with E-state index in [1.807, 2.05) is 84.9 Å². The molecule has 0 atom stereocenters. The molecular formula is C43H28NO2P. The summed E-state index contributed by atoms with van der Waals surface area (Å²) in [5.74, 6) is 0. The van der Waals surface area contributed by atoms with Crippen LogP contribution in [0.4, 0.5) is 0 Å². The van der Waals surface area contributed by atoms with E-state index in [2.05, 4.69) is 84.9 Å². The number of benzene rings is 7. The highest BCUT2D eigenvalue weighted by molar-refractivity contribution is 7.85. The number of hydrogen-bond donors (Lipinski definition) is 0. The molecule has 0 saturated carbocycles. The maximum Gasteiger partial charge on any atom is 0.171 e. The summed E-state index contributed by atoms with van der Waals surface area (Å²) in [6, 6.07) is 57.2. The van der Waals surface area contributed by atoms with E-state index >= 15 is 4.57 Å². The Morgan fingerprint density at radius 1 is 0.468 bits per heavy atom. The van der Waals surface area contributed by atoms with Crippen molar-refractivity contribution in [3.05, 3.63) is 170 Å². The van der Waals surface area contributed by atoms with Gasteiger partial charge in [0.05, 0.1) is 5.52 Å². The molecule has 0 aliphatic carbocycles. The highest BCUT2D eigenvalue weighted by atomic mass is 31.2. The zero-order valence-electron chi connectivity index (χ0n) is 25.4. The second kappa shape index (κ2) is 10.9. The smallest absolute Gasteiger partial charge is 0.171 e. The predicted octanol–water partition coefficient (Wildman–Crippen LogP) is 10.3. The number of hydrogen-bond acceptors (Lipinski definition) is 3. The molecule has 0 N–H and O–H groups in total. The summed E-state index contributed by atoms with van der Waals surface area (Å²) in [4.78, 5) is 5.20. The minimum Gasteiger partial charge on any atom is -0.454 e. The van der Waals surface area contributed by atoms with Crippen LogP contribution in [0.3, 0.4) is 0 Å². The van der Waals surface area contributed by atoms with Gasteiger partial charge in [0.25, 0.3) is 0 Å². The highest BCUT2D eigenvalue weighted by Gasteiger charge is 2.29. The van der Waals surface area contributed by atoms with Crippen LogP contribution in [0.15, 0.2) is 174 Å². The Hall–Kier alpha value is -5.76. The van der Waals surface area contributed by atoms with E-state index in [1.165, 1.54) is 5.39 Å². The van der Waals surface area contributed by atoms with Crippen LogP contribution in [-0.2, 0) is 4.57 Å². The first kappa shape index (κ1) is 27.5. The van der Waals surface area contributed by atoms with Crippen molar-refractivity contribution in [1.82, 2.24) is 4.98 Å². The molecular weight excluding hydrogens is 593 g/mol. The first-order valence-corrected chi connectivity index (χ1v) is 17.4. The molecule has 0 aliphatic heterocycles. The first-order chi connectivity index (χ1) is 23.2. The molecule has 0 unspecified atom stereocenters. The summed E-state index contributed by atoms with van der Waals surface area (Å²) < 4.78 is 21.5. The van der Waals surface area contributed by atoms with Crippen molar-refractivity contribution >= 4 is 66.7 Å². The van der Waals surface area contributed by atoms with Crippen LogP contribution in [0.1, 0.15) is 0 Å². The average molecular weight is 622 g/mol. The number of nitrogens with zero attached hydrogens (tertiary/aromatic N) is 1. The zero-order chi connectivity index (χ0) is 31.4. The molecule has 0 bridgehead atoms. The molecule has 0 fully saturated rings. The summed E-state index contributed by atoms with van der Waals surface area (Å²) in [7, 11) is -3.09. The zero-order valence-corrected chi connectivity index (χ0v) is 26.3. The molecule has 9 rings (SSSR count). The molecule has 0 radical (unpaired) electrons. The minimum atomic E-state index is -3.09. The number of aromatic nitrogens is 1. The molecule has 7 aromatic carbocycles. The number of para-hydroxylation sites is 1. The molecule has 2 aromatic heterocycles. The lowest BCUT2D eigenvalue weighted by molar-refractivity contribution is 0.592. The highest BCUT2D eigenvalue weighted by Crippen LogP contribution is 2.44. The average Bonchev–Trinajstić information content (AvgIpc) is 3.54. The topological polar surface area (TPSA) is 43.1 Å². The van der Waals surface area contributed by atoms with Gasteiger partial charge >= 0.3 is 0 Å². The van der Waals surface area contributed by atoms with Crippen molar-refractivity contribution in [1.29, 1.82) is 0 Å². The Labute approximate surface area is 272 Å². The van der Waals surface area contributed by atoms with Gasteiger partial charge in [-0.1, -0.05) is 146 Å². The van der Waals surface area contributed by atoms with Gasteiger partial charge in [-0.25, -0.2) is 4.98 Å². The third kappa shape index (κ3) is 4.51. The monoisotopic (exact) mass is 621 g/mol. The molecule has 0 saturated heterocycles. The second-order valence-electron chi connectivity index (χ2n) is 11.9. The van der Waals surface area contributed by atoms with Crippen molar-refractivity contribution in [3.63, 3.8) is 0 Å². The number of fused-ring (bicyclic) bond motifs is 6. The molecule has 47 heavy (non-hydrogen) atoms. The lowest BCUT2D eigenvalue weighted by Crippen LogP contribution is -2.25. The second-order valence-corrected chi connectivity index (χ2v) is 14.7. The predicted molar refractivity (Wildman–Crippen MR) is 197 cm³/mol. The number of rotatable bonds is 5. The molecule has 0 spiro atoms. The summed E-state index contributed by atoms with van der Waals surface area (Å²) >= 11 is 0. The van der Waals surface area contributed by atoms with Crippen LogP contribution >= 0.6 is 7.14 Å². The van der Waals surface area contributed by atoms with E-state index in [4.69, 9.17) is 9.40 Å². The SMILES string of the molecule is O=P(c1ccccc1)(c1ccccc1)c1cccc(-c2ccc(-c3nc4cc5ccccc5cc4c4c3oc3ccccc34)cc2)c1. The van der Waals surface area contributed by atoms with Gasteiger partial charge in [-0.3, -0.25) is 0 Å². The number of furan rings is 1. The van der Waals surface area contributed by atoms with Crippen LogP contribution in [0, 0.1) is 0 Å². The molecule has 0 aliphatic rings. The van der Waals surface area contributed by atoms with E-state index in [0.29, 0.717) is 0 Å². The normalized spacial score (nSPS) is 11.9. The molecule has 9 aromatic rings. The largest absolute Gasteiger partial charge is 0.454 e. The molecule has 4 heteroatoms. The van der Waals surface area contributed by atoms with Crippen molar-refractivity contribution in [2.45, 2.75) is 0 Å². The summed E-state index contributed by atoms with van der Waals surface area (Å²) in [6.07, 6.45) is 0. The van der Waals surface area contributed by atoms with Gasteiger partial charge in [-0.2, -0.15) is 0 Å². The van der Waals surface area contributed by atoms with E-state index < -0.39 is 7.14 Å². The standard InChI is InChI=1S/C43H28NO2P/c45-47(34-15-3-1-4-16-34,35-17-5-2-6-18-35)36-19-11-14-31(26-36)29-22-24-30(25-23-29)42-43-41(37-20-9-10-21-40(37)46-43)38-27-32-12-7-8-13-33(32)28-39(38)44-42/h1-28H. The van der Waals surface area contributed by atoms with Gasteiger partial charge in [-0.15, -0.1) is 0 Å². The number of pyridine rings is 1. The van der Waals surface area contributed by atoms with E-state index in [9.17, 15) is 0 Å². The Kier molecular flexibility index (Phi) is 6.41. The lowest BCUT2D eigenvalue weighted by Gasteiger charge is -2.20. The van der Waals surface area contributed by atoms with Gasteiger partial charge < -0.3 is 8.98 Å². The van der Waals surface area contributed by atoms with Crippen LogP contribution in [-0.4, -0.2) is 4.98 Å². The van der Waals surface area contributed by atoms with E-state index in [1.54, 1.807) is 0 Å². The van der Waals surface area contributed by atoms with Crippen molar-refractivity contribution in [2.75, 3.05) is 0 Å². The van der Waals surface area contributed by atoms with Gasteiger partial charge in [-0.05, 0) is 46.2 Å². The Morgan fingerprint density at radius 2 is 1.06 bits per heavy atom. The van der Waals surface area contributed by atoms with Crippen LogP contribution < -0.4 is 15.9 Å². The first-order valence-electron chi connectivity index (χ1n) is 15.7.